The van der Waals surface area contributed by atoms with Gasteiger partial charge in [0.05, 0.1) is 5.54 Å². The Balaban J connectivity index is 1.20. The lowest BCUT2D eigenvalue weighted by Gasteiger charge is -2.23. The molecule has 1 N–H and O–H groups in total. The van der Waals surface area contributed by atoms with Crippen LogP contribution in [0.4, 0.5) is 0 Å². The molecule has 168 valence electrons. The number of hydrogen-bond acceptors (Lipinski definition) is 3. The molecule has 2 aliphatic carbocycles. The van der Waals surface area contributed by atoms with E-state index in [0.717, 1.165) is 45.3 Å². The van der Waals surface area contributed by atoms with Crippen molar-refractivity contribution in [1.29, 1.82) is 0 Å². The van der Waals surface area contributed by atoms with Crippen LogP contribution in [-0.2, 0) is 0 Å². The molecule has 0 atom stereocenters. The molecule has 2 aromatic carbocycles. The second-order valence-electron chi connectivity index (χ2n) is 9.36. The molecule has 3 aromatic rings. The highest BCUT2D eigenvalue weighted by Gasteiger charge is 2.45. The maximum atomic E-state index is 6.22. The summed E-state index contributed by atoms with van der Waals surface area (Å²) in [6, 6.07) is 18.6. The minimum Gasteiger partial charge on any atom is -0.491 e. The van der Waals surface area contributed by atoms with E-state index in [1.54, 1.807) is 0 Å². The Kier molecular flexibility index (Phi) is 6.40. The molecule has 0 radical (unpaired) electrons. The van der Waals surface area contributed by atoms with Crippen molar-refractivity contribution in [2.75, 3.05) is 6.61 Å². The molecule has 4 heteroatoms. The van der Waals surface area contributed by atoms with Gasteiger partial charge in [0.2, 0.25) is 0 Å². The van der Waals surface area contributed by atoms with Crippen LogP contribution in [-0.4, -0.2) is 23.2 Å². The van der Waals surface area contributed by atoms with Crippen LogP contribution in [0.1, 0.15) is 55.3 Å². The van der Waals surface area contributed by atoms with Crippen LogP contribution in [0.3, 0.4) is 0 Å². The molecule has 1 aromatic heterocycles. The molecule has 2 fully saturated rings. The SMILES string of the molecule is Cc1cc(C#Cc2ccc(-c3ccc(Cl)cc3)cn2)ccc1OCC1(NC2CCCC2)CC1. The number of benzene rings is 2. The summed E-state index contributed by atoms with van der Waals surface area (Å²) in [4.78, 5) is 4.50. The highest BCUT2D eigenvalue weighted by molar-refractivity contribution is 6.30. The Morgan fingerprint density at radius 3 is 2.42 bits per heavy atom. The first-order valence-corrected chi connectivity index (χ1v) is 12.2. The Hall–Kier alpha value is -2.80. The van der Waals surface area contributed by atoms with E-state index in [2.05, 4.69) is 35.1 Å². The Labute approximate surface area is 201 Å². The molecule has 0 bridgehead atoms. The van der Waals surface area contributed by atoms with Crippen LogP contribution >= 0.6 is 11.6 Å². The summed E-state index contributed by atoms with van der Waals surface area (Å²) in [5.41, 5.74) is 5.16. The third kappa shape index (κ3) is 5.58. The zero-order chi connectivity index (χ0) is 22.7. The van der Waals surface area contributed by atoms with Crippen LogP contribution in [0.15, 0.2) is 60.8 Å². The van der Waals surface area contributed by atoms with E-state index in [0.29, 0.717) is 6.04 Å². The maximum Gasteiger partial charge on any atom is 0.122 e. The third-order valence-electron chi connectivity index (χ3n) is 6.67. The first-order chi connectivity index (χ1) is 16.1. The van der Waals surface area contributed by atoms with Gasteiger partial charge < -0.3 is 10.1 Å². The van der Waals surface area contributed by atoms with Crippen molar-refractivity contribution in [3.8, 4) is 28.7 Å². The fourth-order valence-corrected chi connectivity index (χ4v) is 4.63. The maximum absolute atomic E-state index is 6.22. The molecule has 0 unspecified atom stereocenters. The highest BCUT2D eigenvalue weighted by atomic mass is 35.5. The van der Waals surface area contributed by atoms with Gasteiger partial charge >= 0.3 is 0 Å². The molecule has 2 saturated carbocycles. The predicted octanol–water partition coefficient (Wildman–Crippen LogP) is 6.55. The minimum absolute atomic E-state index is 0.198. The number of aromatic nitrogens is 1. The number of rotatable bonds is 6. The second-order valence-corrected chi connectivity index (χ2v) is 9.80. The molecular formula is C29H29ClN2O. The average molecular weight is 457 g/mol. The Bertz CT molecular complexity index is 1160. The molecule has 33 heavy (non-hydrogen) atoms. The van der Waals surface area contributed by atoms with E-state index in [-0.39, 0.29) is 5.54 Å². The van der Waals surface area contributed by atoms with Crippen LogP contribution in [0.2, 0.25) is 5.02 Å². The van der Waals surface area contributed by atoms with Gasteiger partial charge in [0.15, 0.2) is 0 Å². The van der Waals surface area contributed by atoms with Crippen molar-refractivity contribution in [1.82, 2.24) is 10.3 Å². The van der Waals surface area contributed by atoms with Gasteiger partial charge in [0, 0.05) is 28.4 Å². The van der Waals surface area contributed by atoms with Gasteiger partial charge in [-0.3, -0.25) is 0 Å². The number of hydrogen-bond donors (Lipinski definition) is 1. The normalized spacial score (nSPS) is 16.8. The predicted molar refractivity (Wildman–Crippen MR) is 135 cm³/mol. The van der Waals surface area contributed by atoms with Crippen molar-refractivity contribution < 1.29 is 4.74 Å². The first-order valence-electron chi connectivity index (χ1n) is 11.8. The zero-order valence-electron chi connectivity index (χ0n) is 19.0. The van der Waals surface area contributed by atoms with Gasteiger partial charge in [0.1, 0.15) is 18.1 Å². The largest absolute Gasteiger partial charge is 0.491 e. The lowest BCUT2D eigenvalue weighted by Crippen LogP contribution is -2.42. The van der Waals surface area contributed by atoms with Crippen molar-refractivity contribution in [2.24, 2.45) is 0 Å². The summed E-state index contributed by atoms with van der Waals surface area (Å²) in [6.07, 6.45) is 9.63. The van der Waals surface area contributed by atoms with E-state index < -0.39 is 0 Å². The summed E-state index contributed by atoms with van der Waals surface area (Å²) < 4.78 is 6.22. The van der Waals surface area contributed by atoms with Gasteiger partial charge in [-0.1, -0.05) is 48.6 Å². The zero-order valence-corrected chi connectivity index (χ0v) is 19.8. The van der Waals surface area contributed by atoms with E-state index >= 15 is 0 Å². The molecule has 0 saturated heterocycles. The van der Waals surface area contributed by atoms with Crippen LogP contribution in [0.5, 0.6) is 5.75 Å². The topological polar surface area (TPSA) is 34.1 Å². The number of ether oxygens (including phenoxy) is 1. The van der Waals surface area contributed by atoms with Crippen molar-refractivity contribution in [3.63, 3.8) is 0 Å². The summed E-state index contributed by atoms with van der Waals surface area (Å²) in [5, 5.41) is 4.59. The Morgan fingerprint density at radius 2 is 1.76 bits per heavy atom. The molecule has 2 aliphatic rings. The van der Waals surface area contributed by atoms with Crippen molar-refractivity contribution in [2.45, 2.75) is 57.0 Å². The molecule has 0 spiro atoms. The fourth-order valence-electron chi connectivity index (χ4n) is 4.51. The quantitative estimate of drug-likeness (QED) is 0.427. The van der Waals surface area contributed by atoms with E-state index in [9.17, 15) is 0 Å². The van der Waals surface area contributed by atoms with Gasteiger partial charge in [-0.25, -0.2) is 4.98 Å². The van der Waals surface area contributed by atoms with E-state index in [4.69, 9.17) is 16.3 Å². The number of pyridine rings is 1. The number of nitrogens with one attached hydrogen (secondary N) is 1. The number of nitrogens with zero attached hydrogens (tertiary/aromatic N) is 1. The fraction of sp³-hybridized carbons (Fsp3) is 0.345. The highest BCUT2D eigenvalue weighted by Crippen LogP contribution is 2.38. The summed E-state index contributed by atoms with van der Waals surface area (Å²) in [5.74, 6) is 7.35. The molecule has 1 heterocycles. The molecule has 0 aliphatic heterocycles. The van der Waals surface area contributed by atoms with Gasteiger partial charge in [-0.2, -0.15) is 0 Å². The average Bonchev–Trinajstić information content (AvgIpc) is 3.40. The summed E-state index contributed by atoms with van der Waals surface area (Å²) >= 11 is 5.97. The lowest BCUT2D eigenvalue weighted by atomic mass is 10.1. The van der Waals surface area contributed by atoms with Gasteiger partial charge in [-0.15, -0.1) is 0 Å². The Morgan fingerprint density at radius 1 is 1.00 bits per heavy atom. The van der Waals surface area contributed by atoms with Crippen LogP contribution in [0.25, 0.3) is 11.1 Å². The lowest BCUT2D eigenvalue weighted by molar-refractivity contribution is 0.237. The monoisotopic (exact) mass is 456 g/mol. The molecular weight excluding hydrogens is 428 g/mol. The van der Waals surface area contributed by atoms with Crippen LogP contribution in [0, 0.1) is 18.8 Å². The molecule has 3 nitrogen and oxygen atoms in total. The third-order valence-corrected chi connectivity index (χ3v) is 6.93. The second kappa shape index (κ2) is 9.59. The first kappa shape index (κ1) is 22.0. The van der Waals surface area contributed by atoms with Crippen molar-refractivity contribution >= 4 is 11.6 Å². The summed E-state index contributed by atoms with van der Waals surface area (Å²) in [6.45, 7) is 2.84. The van der Waals surface area contributed by atoms with Gasteiger partial charge in [0.25, 0.3) is 0 Å². The van der Waals surface area contributed by atoms with Crippen molar-refractivity contribution in [3.05, 3.63) is 82.6 Å². The number of aryl methyl sites for hydroxylation is 1. The molecule has 5 rings (SSSR count). The van der Waals surface area contributed by atoms with E-state index in [1.807, 2.05) is 54.7 Å². The number of halogens is 1. The molecule has 0 amide bonds. The summed E-state index contributed by atoms with van der Waals surface area (Å²) in [7, 11) is 0. The van der Waals surface area contributed by atoms with Gasteiger partial charge in [-0.05, 0) is 86.1 Å². The van der Waals surface area contributed by atoms with E-state index in [1.165, 1.54) is 38.5 Å². The van der Waals surface area contributed by atoms with Crippen LogP contribution < -0.4 is 10.1 Å². The standard InChI is InChI=1S/C29H29ClN2O/c1-21-18-22(6-13-26-14-10-24(19-31-26)23-8-11-25(30)12-9-23)7-15-28(21)33-20-29(16-17-29)32-27-4-2-3-5-27/h7-12,14-15,18-19,27,32H,2-5,16-17,20H2,1H3. The smallest absolute Gasteiger partial charge is 0.122 e. The minimum atomic E-state index is 0.198.